The highest BCUT2D eigenvalue weighted by atomic mass is 19.1. The van der Waals surface area contributed by atoms with Gasteiger partial charge in [0, 0.05) is 0 Å². The van der Waals surface area contributed by atoms with Gasteiger partial charge in [0.2, 0.25) is 0 Å². The van der Waals surface area contributed by atoms with Gasteiger partial charge in [0.15, 0.2) is 0 Å². The van der Waals surface area contributed by atoms with Crippen molar-refractivity contribution in [2.45, 2.75) is 123 Å². The van der Waals surface area contributed by atoms with Gasteiger partial charge in [-0.15, -0.1) is 0 Å². The molecule has 0 aromatic heterocycles. The Kier molecular flexibility index (Phi) is 15.4. The highest BCUT2D eigenvalue weighted by Crippen LogP contribution is 2.15. The zero-order valence-electron chi connectivity index (χ0n) is 18.9. The molecule has 0 bridgehead atoms. The first kappa shape index (κ1) is 25.6. The molecule has 0 aliphatic rings. The van der Waals surface area contributed by atoms with E-state index in [0.717, 1.165) is 12.0 Å². The fourth-order valence-electron chi connectivity index (χ4n) is 3.75. The van der Waals surface area contributed by atoms with Crippen molar-refractivity contribution in [2.24, 2.45) is 0 Å². The van der Waals surface area contributed by atoms with Crippen molar-refractivity contribution in [3.05, 3.63) is 35.1 Å². The molecule has 0 aliphatic carbocycles. The maximum Gasteiger partial charge on any atom is 0.124 e. The second kappa shape index (κ2) is 17.5. The predicted molar refractivity (Wildman–Crippen MR) is 120 cm³/mol. The van der Waals surface area contributed by atoms with Crippen LogP contribution in [0.3, 0.4) is 0 Å². The Labute approximate surface area is 178 Å². The van der Waals surface area contributed by atoms with E-state index in [1.807, 2.05) is 6.07 Å². The molecule has 164 valence electrons. The van der Waals surface area contributed by atoms with E-state index in [2.05, 4.69) is 13.8 Å². The fraction of sp³-hybridized carbons (Fsp3) is 0.731. The van der Waals surface area contributed by atoms with E-state index in [9.17, 15) is 4.39 Å². The maximum absolute atomic E-state index is 13.4. The Morgan fingerprint density at radius 2 is 1.34 bits per heavy atom. The minimum absolute atomic E-state index is 0.168. The first-order valence-electron chi connectivity index (χ1n) is 12.0. The Balaban J connectivity index is 1.91. The van der Waals surface area contributed by atoms with Gasteiger partial charge in [-0.25, -0.2) is 4.39 Å². The van der Waals surface area contributed by atoms with Gasteiger partial charge in [-0.2, -0.15) is 5.26 Å². The van der Waals surface area contributed by atoms with Gasteiger partial charge in [-0.05, 0) is 37.1 Å². The first-order valence-corrected chi connectivity index (χ1v) is 12.0. The van der Waals surface area contributed by atoms with Crippen molar-refractivity contribution >= 4 is 0 Å². The molecule has 29 heavy (non-hydrogen) atoms. The van der Waals surface area contributed by atoms with Crippen LogP contribution in [0.15, 0.2) is 18.2 Å². The average Bonchev–Trinajstić information content (AvgIpc) is 2.72. The summed E-state index contributed by atoms with van der Waals surface area (Å²) >= 11 is 0. The van der Waals surface area contributed by atoms with Crippen LogP contribution in [0, 0.1) is 17.1 Å². The highest BCUT2D eigenvalue weighted by molar-refractivity contribution is 5.33. The lowest BCUT2D eigenvalue weighted by Gasteiger charge is -2.13. The maximum atomic E-state index is 13.4. The molecule has 2 nitrogen and oxygen atoms in total. The highest BCUT2D eigenvalue weighted by Gasteiger charge is 2.05. The van der Waals surface area contributed by atoms with E-state index in [1.165, 1.54) is 102 Å². The monoisotopic (exact) mass is 403 g/mol. The van der Waals surface area contributed by atoms with Crippen LogP contribution in [-0.4, -0.2) is 6.10 Å². The Hall–Kier alpha value is -1.40. The van der Waals surface area contributed by atoms with Crippen molar-refractivity contribution < 1.29 is 9.13 Å². The molecule has 0 unspecified atom stereocenters. The van der Waals surface area contributed by atoms with Gasteiger partial charge in [0.05, 0.1) is 24.3 Å². The lowest BCUT2D eigenvalue weighted by molar-refractivity contribution is 0.0457. The van der Waals surface area contributed by atoms with Gasteiger partial charge < -0.3 is 4.74 Å². The minimum atomic E-state index is -0.373. The minimum Gasteiger partial charge on any atom is -0.374 e. The van der Waals surface area contributed by atoms with Crippen LogP contribution in [-0.2, 0) is 11.3 Å². The Morgan fingerprint density at radius 3 is 1.86 bits per heavy atom. The predicted octanol–water partition coefficient (Wildman–Crippen LogP) is 8.47. The molecule has 0 saturated carbocycles. The number of hydrogen-bond donors (Lipinski definition) is 0. The van der Waals surface area contributed by atoms with Crippen molar-refractivity contribution in [1.82, 2.24) is 0 Å². The van der Waals surface area contributed by atoms with Crippen LogP contribution >= 0.6 is 0 Å². The van der Waals surface area contributed by atoms with E-state index in [4.69, 9.17) is 10.00 Å². The van der Waals surface area contributed by atoms with Crippen molar-refractivity contribution in [3.8, 4) is 6.07 Å². The molecule has 0 amide bonds. The van der Waals surface area contributed by atoms with Crippen LogP contribution in [0.4, 0.5) is 4.39 Å². The molecule has 3 heteroatoms. The molecule has 1 aromatic carbocycles. The molecule has 1 atom stereocenters. The number of halogens is 1. The number of benzene rings is 1. The largest absolute Gasteiger partial charge is 0.374 e. The van der Waals surface area contributed by atoms with Crippen LogP contribution < -0.4 is 0 Å². The van der Waals surface area contributed by atoms with Crippen LogP contribution in [0.5, 0.6) is 0 Å². The number of nitriles is 1. The van der Waals surface area contributed by atoms with Gasteiger partial charge >= 0.3 is 0 Å². The fourth-order valence-corrected chi connectivity index (χ4v) is 3.75. The summed E-state index contributed by atoms with van der Waals surface area (Å²) in [5, 5.41) is 8.90. The smallest absolute Gasteiger partial charge is 0.124 e. The van der Waals surface area contributed by atoms with Crippen LogP contribution in [0.25, 0.3) is 0 Å². The lowest BCUT2D eigenvalue weighted by Crippen LogP contribution is -2.08. The third-order valence-electron chi connectivity index (χ3n) is 5.59. The second-order valence-corrected chi connectivity index (χ2v) is 8.47. The Morgan fingerprint density at radius 1 is 0.828 bits per heavy atom. The van der Waals surface area contributed by atoms with Gasteiger partial charge in [0.1, 0.15) is 5.82 Å². The van der Waals surface area contributed by atoms with E-state index in [1.54, 1.807) is 6.07 Å². The summed E-state index contributed by atoms with van der Waals surface area (Å²) < 4.78 is 19.2. The molecular formula is C26H42FNO. The van der Waals surface area contributed by atoms with E-state index in [-0.39, 0.29) is 11.9 Å². The number of nitrogens with zero attached hydrogens (tertiary/aromatic N) is 1. The van der Waals surface area contributed by atoms with Crippen LogP contribution in [0.1, 0.15) is 121 Å². The van der Waals surface area contributed by atoms with E-state index < -0.39 is 0 Å². The second-order valence-electron chi connectivity index (χ2n) is 8.47. The SMILES string of the molecule is CCCCCCCCCCCCCCCC[C@@H](C)OCc1cc(F)cc(C#N)c1. The number of ether oxygens (including phenoxy) is 1. The number of rotatable bonds is 18. The van der Waals surface area contributed by atoms with Gasteiger partial charge in [0.25, 0.3) is 0 Å². The zero-order valence-corrected chi connectivity index (χ0v) is 18.9. The summed E-state index contributed by atoms with van der Waals surface area (Å²) in [5.41, 5.74) is 1.08. The van der Waals surface area contributed by atoms with Gasteiger partial charge in [-0.1, -0.05) is 96.8 Å². The van der Waals surface area contributed by atoms with Crippen molar-refractivity contribution in [1.29, 1.82) is 5.26 Å². The topological polar surface area (TPSA) is 33.0 Å². The zero-order chi connectivity index (χ0) is 21.2. The van der Waals surface area contributed by atoms with Crippen molar-refractivity contribution in [3.63, 3.8) is 0 Å². The lowest BCUT2D eigenvalue weighted by atomic mass is 10.0. The third-order valence-corrected chi connectivity index (χ3v) is 5.59. The third kappa shape index (κ3) is 14.3. The van der Waals surface area contributed by atoms with E-state index >= 15 is 0 Å². The van der Waals surface area contributed by atoms with Crippen molar-refractivity contribution in [2.75, 3.05) is 0 Å². The average molecular weight is 404 g/mol. The summed E-state index contributed by atoms with van der Waals surface area (Å²) in [7, 11) is 0. The summed E-state index contributed by atoms with van der Waals surface area (Å²) in [4.78, 5) is 0. The standard InChI is InChI=1S/C26H42FNO/c1-3-4-5-6-7-8-9-10-11-12-13-14-15-16-17-23(2)29-22-25-18-24(21-28)19-26(27)20-25/h18-20,23H,3-17,22H2,1-2H3/t23-/m1/s1. The molecule has 1 rings (SSSR count). The molecule has 0 spiro atoms. The summed E-state index contributed by atoms with van der Waals surface area (Å²) in [6.07, 6.45) is 20.4. The molecule has 0 fully saturated rings. The Bertz CT molecular complexity index is 566. The summed E-state index contributed by atoms with van der Waals surface area (Å²) in [6, 6.07) is 6.37. The van der Waals surface area contributed by atoms with E-state index in [0.29, 0.717) is 12.2 Å². The normalized spacial score (nSPS) is 12.1. The quantitative estimate of drug-likeness (QED) is 0.230. The van der Waals surface area contributed by atoms with Crippen LogP contribution in [0.2, 0.25) is 0 Å². The molecule has 0 radical (unpaired) electrons. The number of unbranched alkanes of at least 4 members (excludes halogenated alkanes) is 13. The number of hydrogen-bond acceptors (Lipinski definition) is 2. The van der Waals surface area contributed by atoms with Gasteiger partial charge in [-0.3, -0.25) is 0 Å². The molecular weight excluding hydrogens is 361 g/mol. The molecule has 0 saturated heterocycles. The molecule has 0 aliphatic heterocycles. The summed E-state index contributed by atoms with van der Waals surface area (Å²) in [6.45, 7) is 4.72. The molecule has 0 heterocycles. The first-order chi connectivity index (χ1) is 14.2. The molecule has 1 aromatic rings. The summed E-state index contributed by atoms with van der Waals surface area (Å²) in [5.74, 6) is -0.373. The molecule has 0 N–H and O–H groups in total.